The molecule has 0 aliphatic carbocycles. The summed E-state index contributed by atoms with van der Waals surface area (Å²) in [5.41, 5.74) is -0.363. The number of thiophene rings is 1. The van der Waals surface area contributed by atoms with E-state index in [1.807, 2.05) is 6.07 Å². The summed E-state index contributed by atoms with van der Waals surface area (Å²) in [4.78, 5) is 24.4. The molecule has 0 radical (unpaired) electrons. The lowest BCUT2D eigenvalue weighted by molar-refractivity contribution is -0.137. The van der Waals surface area contributed by atoms with Crippen molar-refractivity contribution < 1.29 is 31.1 Å². The van der Waals surface area contributed by atoms with E-state index in [0.717, 1.165) is 31.3 Å². The number of carbonyl (C=O) groups is 1. The molecule has 3 aromatic rings. The zero-order valence-electron chi connectivity index (χ0n) is 21.8. The Morgan fingerprint density at radius 2 is 1.90 bits per heavy atom. The summed E-state index contributed by atoms with van der Waals surface area (Å²) in [5, 5.41) is 6.69. The Kier molecular flexibility index (Phi) is 6.66. The average Bonchev–Trinajstić information content (AvgIpc) is 3.33. The van der Waals surface area contributed by atoms with Crippen molar-refractivity contribution in [2.45, 2.75) is 35.6 Å². The molecule has 4 fully saturated rings. The van der Waals surface area contributed by atoms with E-state index in [4.69, 9.17) is 16.3 Å². The van der Waals surface area contributed by atoms with Crippen LogP contribution in [0.4, 0.5) is 30.5 Å². The zero-order chi connectivity index (χ0) is 29.4. The van der Waals surface area contributed by atoms with Gasteiger partial charge in [0.25, 0.3) is 5.91 Å². The van der Waals surface area contributed by atoms with Crippen LogP contribution in [0.25, 0.3) is 10.6 Å². The van der Waals surface area contributed by atoms with Crippen molar-refractivity contribution in [2.24, 2.45) is 0 Å². The standard InChI is InChI=1S/C26H24ClF3N6O4S2/c27-18-6-15(35-9-13-5-14(10-35)32-13)1-2-19(18)33-25-31-8-17(26(28,29)30)22(34-25)20-7-21-23(41-20)24(37)36(16-11-40-12-16)3-4-42(21,38)39/h1-2,6-8,13-14,16,32H,3-5,9-12H2,(H,31,33,34). The number of benzene rings is 1. The molecule has 2 N–H and O–H groups in total. The summed E-state index contributed by atoms with van der Waals surface area (Å²) >= 11 is 7.21. The molecule has 42 heavy (non-hydrogen) atoms. The van der Waals surface area contributed by atoms with Crippen molar-refractivity contribution >= 4 is 56.0 Å². The van der Waals surface area contributed by atoms with Gasteiger partial charge < -0.3 is 25.2 Å². The predicted octanol–water partition coefficient (Wildman–Crippen LogP) is 3.80. The van der Waals surface area contributed by atoms with Gasteiger partial charge in [0.05, 0.1) is 51.2 Å². The van der Waals surface area contributed by atoms with Gasteiger partial charge in [-0.2, -0.15) is 13.2 Å². The molecule has 1 amide bonds. The highest BCUT2D eigenvalue weighted by Gasteiger charge is 2.41. The highest BCUT2D eigenvalue weighted by Crippen LogP contribution is 2.43. The van der Waals surface area contributed by atoms with Gasteiger partial charge in [-0.3, -0.25) is 4.79 Å². The predicted molar refractivity (Wildman–Crippen MR) is 150 cm³/mol. The first-order valence-corrected chi connectivity index (χ1v) is 16.1. The van der Waals surface area contributed by atoms with Crippen LogP contribution in [0.1, 0.15) is 21.7 Å². The minimum atomic E-state index is -4.84. The van der Waals surface area contributed by atoms with E-state index < -0.39 is 33.2 Å². The van der Waals surface area contributed by atoms with Gasteiger partial charge >= 0.3 is 6.18 Å². The highest BCUT2D eigenvalue weighted by molar-refractivity contribution is 7.91. The monoisotopic (exact) mass is 640 g/mol. The number of anilines is 3. The summed E-state index contributed by atoms with van der Waals surface area (Å²) in [6.07, 6.45) is -3.05. The van der Waals surface area contributed by atoms with Crippen molar-refractivity contribution in [1.82, 2.24) is 20.2 Å². The van der Waals surface area contributed by atoms with Gasteiger partial charge in [0.2, 0.25) is 5.95 Å². The number of ether oxygens (including phenoxy) is 1. The molecule has 2 bridgehead atoms. The first-order valence-electron chi connectivity index (χ1n) is 13.2. The highest BCUT2D eigenvalue weighted by atomic mass is 35.5. The minimum Gasteiger partial charge on any atom is -0.377 e. The summed E-state index contributed by atoms with van der Waals surface area (Å²) in [6.45, 7) is 2.26. The van der Waals surface area contributed by atoms with E-state index in [1.54, 1.807) is 12.1 Å². The first kappa shape index (κ1) is 27.8. The minimum absolute atomic E-state index is 0.0172. The SMILES string of the molecule is O=C1c2sc(-c3nc(Nc4ccc(N5CC6CC(C5)N6)cc4Cl)ncc3C(F)(F)F)cc2S(=O)(=O)CCN1C1COC1. The maximum Gasteiger partial charge on any atom is 0.420 e. The summed E-state index contributed by atoms with van der Waals surface area (Å²) in [5.74, 6) is -1.06. The Bertz CT molecular complexity index is 1680. The van der Waals surface area contributed by atoms with Gasteiger partial charge in [-0.25, -0.2) is 18.4 Å². The van der Waals surface area contributed by atoms with Crippen molar-refractivity contribution in [3.63, 3.8) is 0 Å². The number of hydrogen-bond acceptors (Lipinski definition) is 10. The quantitative estimate of drug-likeness (QED) is 0.430. The number of carbonyl (C=O) groups excluding carboxylic acids is 1. The van der Waals surface area contributed by atoms with Crippen LogP contribution in [0.15, 0.2) is 35.4 Å². The van der Waals surface area contributed by atoms with Crippen molar-refractivity contribution in [3.05, 3.63) is 45.9 Å². The number of alkyl halides is 3. The van der Waals surface area contributed by atoms with Crippen LogP contribution < -0.4 is 15.5 Å². The third-order valence-corrected chi connectivity index (χ3v) is 11.2. The van der Waals surface area contributed by atoms with Crippen LogP contribution in [0.3, 0.4) is 0 Å². The lowest BCUT2D eigenvalue weighted by Gasteiger charge is -2.49. The number of rotatable bonds is 5. The van der Waals surface area contributed by atoms with Crippen LogP contribution in [0.2, 0.25) is 5.02 Å². The number of aromatic nitrogens is 2. The molecule has 16 heteroatoms. The molecule has 5 aliphatic rings. The molecule has 2 aromatic heterocycles. The first-order chi connectivity index (χ1) is 20.0. The average molecular weight is 641 g/mol. The molecule has 1 aromatic carbocycles. The lowest BCUT2D eigenvalue weighted by atomic mass is 9.91. The Hall–Kier alpha value is -2.98. The fourth-order valence-electron chi connectivity index (χ4n) is 5.67. The Balaban J connectivity index is 1.22. The van der Waals surface area contributed by atoms with Crippen LogP contribution in [0.5, 0.6) is 0 Å². The van der Waals surface area contributed by atoms with Gasteiger partial charge in [-0.05, 0) is 30.7 Å². The molecular weight excluding hydrogens is 617 g/mol. The summed E-state index contributed by atoms with van der Waals surface area (Å²) < 4.78 is 73.5. The Morgan fingerprint density at radius 3 is 2.55 bits per heavy atom. The number of amides is 1. The van der Waals surface area contributed by atoms with Crippen molar-refractivity contribution in [2.75, 3.05) is 48.8 Å². The number of piperidine rings is 1. The molecule has 7 heterocycles. The van der Waals surface area contributed by atoms with E-state index in [1.165, 1.54) is 4.90 Å². The van der Waals surface area contributed by atoms with Gasteiger partial charge in [0.1, 0.15) is 10.4 Å². The lowest BCUT2D eigenvalue weighted by Crippen LogP contribution is -2.67. The van der Waals surface area contributed by atoms with E-state index >= 15 is 0 Å². The maximum atomic E-state index is 14.1. The topological polar surface area (TPSA) is 117 Å². The zero-order valence-corrected chi connectivity index (χ0v) is 24.2. The number of nitrogens with one attached hydrogen (secondary N) is 2. The van der Waals surface area contributed by atoms with Gasteiger partial charge in [-0.1, -0.05) is 11.6 Å². The molecule has 0 saturated carbocycles. The summed E-state index contributed by atoms with van der Waals surface area (Å²) in [6, 6.07) is 7.09. The second kappa shape index (κ2) is 10.0. The fourth-order valence-corrected chi connectivity index (χ4v) is 8.81. The smallest absolute Gasteiger partial charge is 0.377 e. The number of piperazine rings is 1. The van der Waals surface area contributed by atoms with Gasteiger partial charge in [0.15, 0.2) is 9.84 Å². The molecule has 0 spiro atoms. The molecule has 5 aliphatic heterocycles. The summed E-state index contributed by atoms with van der Waals surface area (Å²) in [7, 11) is -3.93. The number of fused-ring (bicyclic) bond motifs is 3. The van der Waals surface area contributed by atoms with Crippen molar-refractivity contribution in [3.8, 4) is 10.6 Å². The van der Waals surface area contributed by atoms with Crippen LogP contribution in [-0.4, -0.2) is 85.9 Å². The van der Waals surface area contributed by atoms with E-state index in [2.05, 4.69) is 25.5 Å². The molecule has 222 valence electrons. The third kappa shape index (κ3) is 4.90. The molecule has 8 rings (SSSR count). The fraction of sp³-hybridized carbons (Fsp3) is 0.423. The van der Waals surface area contributed by atoms with E-state index in [0.29, 0.717) is 40.3 Å². The molecular formula is C26H24ClF3N6O4S2. The van der Waals surface area contributed by atoms with Crippen LogP contribution >= 0.6 is 22.9 Å². The van der Waals surface area contributed by atoms with E-state index in [-0.39, 0.29) is 52.2 Å². The van der Waals surface area contributed by atoms with Gasteiger partial charge in [-0.15, -0.1) is 11.3 Å². The van der Waals surface area contributed by atoms with Crippen LogP contribution in [-0.2, 0) is 20.8 Å². The maximum absolute atomic E-state index is 14.1. The number of halogens is 4. The van der Waals surface area contributed by atoms with E-state index in [9.17, 15) is 26.4 Å². The second-order valence-electron chi connectivity index (χ2n) is 10.8. The molecule has 4 saturated heterocycles. The van der Waals surface area contributed by atoms with Crippen LogP contribution in [0, 0.1) is 0 Å². The molecule has 2 atom stereocenters. The molecule has 2 unspecified atom stereocenters. The Morgan fingerprint density at radius 1 is 1.17 bits per heavy atom. The normalized spacial score (nSPS) is 23.6. The Labute approximate surface area is 247 Å². The number of hydrogen-bond donors (Lipinski definition) is 2. The number of sulfone groups is 1. The largest absolute Gasteiger partial charge is 0.420 e. The number of nitrogens with zero attached hydrogens (tertiary/aromatic N) is 4. The van der Waals surface area contributed by atoms with Gasteiger partial charge in [0, 0.05) is 43.6 Å². The second-order valence-corrected chi connectivity index (χ2v) is 14.3. The molecule has 10 nitrogen and oxygen atoms in total. The van der Waals surface area contributed by atoms with Crippen molar-refractivity contribution in [1.29, 1.82) is 0 Å². The third-order valence-electron chi connectivity index (χ3n) is 7.96.